The second-order valence-electron chi connectivity index (χ2n) is 9.89. The molecule has 1 fully saturated rings. The van der Waals surface area contributed by atoms with Crippen molar-refractivity contribution in [2.45, 2.75) is 19.5 Å². The van der Waals surface area contributed by atoms with Crippen LogP contribution < -0.4 is 4.74 Å². The van der Waals surface area contributed by atoms with E-state index in [2.05, 4.69) is 15.1 Å². The van der Waals surface area contributed by atoms with Crippen LogP contribution in [0.2, 0.25) is 0 Å². The van der Waals surface area contributed by atoms with Crippen LogP contribution in [0, 0.1) is 0 Å². The third-order valence-electron chi connectivity index (χ3n) is 6.85. The number of aromatic nitrogens is 4. The highest BCUT2D eigenvalue weighted by Gasteiger charge is 2.34. The Balaban J connectivity index is 1.38. The topological polar surface area (TPSA) is 117 Å². The van der Waals surface area contributed by atoms with Gasteiger partial charge in [0.1, 0.15) is 5.75 Å². The number of fused-ring (bicyclic) bond motifs is 1. The van der Waals surface area contributed by atoms with Crippen molar-refractivity contribution in [1.29, 1.82) is 0 Å². The predicted octanol–water partition coefficient (Wildman–Crippen LogP) is 2.37. The molecule has 1 N–H and O–H groups in total. The number of hydrogen-bond acceptors (Lipinski definition) is 7. The molecule has 3 aromatic heterocycles. The van der Waals surface area contributed by atoms with E-state index in [0.717, 1.165) is 5.69 Å². The molecule has 0 spiro atoms. The third-order valence-corrected chi connectivity index (χ3v) is 6.85. The van der Waals surface area contributed by atoms with Crippen molar-refractivity contribution < 1.29 is 19.1 Å². The first-order valence-corrected chi connectivity index (χ1v) is 12.7. The standard InChI is InChI=1S/C28H31N7O4/c1-18-16-33(12-13-34(18)27(37)19-8-6-5-7-9-19)28(38)25(36)21-14-29-24-23(21)22(39-4)15-30-26(24)35-11-10-20(31-35)17-32(2)3/h5-11,14-15,18,29H,12-13,16-17H2,1-4H3/t18-/m1/s1. The van der Waals surface area contributed by atoms with Crippen LogP contribution >= 0.6 is 0 Å². The summed E-state index contributed by atoms with van der Waals surface area (Å²) in [7, 11) is 5.42. The van der Waals surface area contributed by atoms with E-state index in [4.69, 9.17) is 4.74 Å². The fourth-order valence-corrected chi connectivity index (χ4v) is 4.95. The fraction of sp³-hybridized carbons (Fsp3) is 0.321. The van der Waals surface area contributed by atoms with Crippen LogP contribution in [0.15, 0.2) is 55.0 Å². The molecule has 39 heavy (non-hydrogen) atoms. The number of benzene rings is 1. The van der Waals surface area contributed by atoms with Gasteiger partial charge >= 0.3 is 0 Å². The van der Waals surface area contributed by atoms with E-state index in [1.54, 1.807) is 27.9 Å². The Morgan fingerprint density at radius 3 is 2.59 bits per heavy atom. The number of Topliss-reactive ketones (excluding diaryl/α,β-unsaturated/α-hetero) is 1. The lowest BCUT2D eigenvalue weighted by Crippen LogP contribution is -2.56. The number of ketones is 1. The van der Waals surface area contributed by atoms with Crippen molar-refractivity contribution in [3.63, 3.8) is 0 Å². The van der Waals surface area contributed by atoms with Gasteiger partial charge in [0.2, 0.25) is 0 Å². The molecule has 0 radical (unpaired) electrons. The number of nitrogens with zero attached hydrogens (tertiary/aromatic N) is 6. The number of nitrogens with one attached hydrogen (secondary N) is 1. The molecule has 0 unspecified atom stereocenters. The lowest BCUT2D eigenvalue weighted by Gasteiger charge is -2.39. The summed E-state index contributed by atoms with van der Waals surface area (Å²) in [5, 5.41) is 5.07. The molecule has 5 rings (SSSR count). The van der Waals surface area contributed by atoms with Crippen molar-refractivity contribution in [2.75, 3.05) is 40.8 Å². The fourth-order valence-electron chi connectivity index (χ4n) is 4.95. The number of carbonyl (C=O) groups excluding carboxylic acids is 3. The van der Waals surface area contributed by atoms with Crippen LogP contribution in [-0.2, 0) is 11.3 Å². The number of rotatable bonds is 7. The van der Waals surface area contributed by atoms with E-state index < -0.39 is 11.7 Å². The Morgan fingerprint density at radius 1 is 1.13 bits per heavy atom. The van der Waals surface area contributed by atoms with Crippen molar-refractivity contribution in [2.24, 2.45) is 0 Å². The highest BCUT2D eigenvalue weighted by Crippen LogP contribution is 2.32. The second kappa shape index (κ2) is 10.7. The van der Waals surface area contributed by atoms with Gasteiger partial charge in [-0.05, 0) is 39.2 Å². The van der Waals surface area contributed by atoms with Crippen LogP contribution in [0.4, 0.5) is 0 Å². The van der Waals surface area contributed by atoms with Crippen LogP contribution in [0.3, 0.4) is 0 Å². The summed E-state index contributed by atoms with van der Waals surface area (Å²) in [6, 6.07) is 10.7. The quantitative estimate of drug-likeness (QED) is 0.289. The van der Waals surface area contributed by atoms with Gasteiger partial charge in [-0.15, -0.1) is 0 Å². The zero-order chi connectivity index (χ0) is 27.7. The molecular weight excluding hydrogens is 498 g/mol. The Labute approximate surface area is 226 Å². The molecule has 1 aromatic carbocycles. The van der Waals surface area contributed by atoms with Gasteiger partial charge in [0.05, 0.1) is 35.5 Å². The van der Waals surface area contributed by atoms with E-state index in [0.29, 0.717) is 41.1 Å². The number of piperazine rings is 1. The molecule has 0 aliphatic carbocycles. The summed E-state index contributed by atoms with van der Waals surface area (Å²) in [6.07, 6.45) is 4.84. The van der Waals surface area contributed by atoms with Crippen molar-refractivity contribution in [1.82, 2.24) is 34.4 Å². The Hall–Kier alpha value is -4.51. The Kier molecular flexibility index (Phi) is 7.16. The molecule has 1 atom stereocenters. The minimum Gasteiger partial charge on any atom is -0.494 e. The first-order valence-electron chi connectivity index (χ1n) is 12.7. The maximum absolute atomic E-state index is 13.5. The zero-order valence-electron chi connectivity index (χ0n) is 22.4. The molecule has 4 heterocycles. The molecule has 11 nitrogen and oxygen atoms in total. The average Bonchev–Trinajstić information content (AvgIpc) is 3.59. The third kappa shape index (κ3) is 5.00. The van der Waals surface area contributed by atoms with Gasteiger partial charge in [-0.2, -0.15) is 5.10 Å². The number of carbonyl (C=O) groups is 3. The zero-order valence-corrected chi connectivity index (χ0v) is 22.4. The number of hydrogen-bond donors (Lipinski definition) is 1. The Bertz CT molecular complexity index is 1530. The van der Waals surface area contributed by atoms with Crippen molar-refractivity contribution in [3.05, 3.63) is 71.8 Å². The predicted molar refractivity (Wildman–Crippen MR) is 145 cm³/mol. The number of amides is 2. The summed E-state index contributed by atoms with van der Waals surface area (Å²) >= 11 is 0. The van der Waals surface area contributed by atoms with Crippen LogP contribution in [-0.4, -0.2) is 98.9 Å². The van der Waals surface area contributed by atoms with Crippen LogP contribution in [0.25, 0.3) is 16.7 Å². The van der Waals surface area contributed by atoms with E-state index >= 15 is 0 Å². The van der Waals surface area contributed by atoms with Gasteiger partial charge in [0.25, 0.3) is 17.6 Å². The first-order chi connectivity index (χ1) is 18.8. The summed E-state index contributed by atoms with van der Waals surface area (Å²) in [4.78, 5) is 52.7. The first kappa shape index (κ1) is 26.1. The highest BCUT2D eigenvalue weighted by molar-refractivity contribution is 6.45. The van der Waals surface area contributed by atoms with Gasteiger partial charge in [-0.1, -0.05) is 18.2 Å². The molecule has 202 valence electrons. The molecule has 2 amide bonds. The molecule has 1 saturated heterocycles. The summed E-state index contributed by atoms with van der Waals surface area (Å²) in [5.41, 5.74) is 2.20. The maximum Gasteiger partial charge on any atom is 0.295 e. The number of pyridine rings is 1. The number of ether oxygens (including phenoxy) is 1. The lowest BCUT2D eigenvalue weighted by molar-refractivity contribution is -0.128. The van der Waals surface area contributed by atoms with Gasteiger partial charge in [0.15, 0.2) is 5.82 Å². The SMILES string of the molecule is COc1cnc(-n2ccc(CN(C)C)n2)c2[nH]cc(C(=O)C(=O)N3CCN(C(=O)c4ccccc4)[C@H](C)C3)c12. The van der Waals surface area contributed by atoms with Gasteiger partial charge in [-0.25, -0.2) is 9.67 Å². The Morgan fingerprint density at radius 2 is 1.90 bits per heavy atom. The average molecular weight is 530 g/mol. The van der Waals surface area contributed by atoms with E-state index in [1.807, 2.05) is 50.2 Å². The second-order valence-corrected chi connectivity index (χ2v) is 9.89. The minimum atomic E-state index is -0.652. The number of methoxy groups -OCH3 is 1. The summed E-state index contributed by atoms with van der Waals surface area (Å²) in [6.45, 7) is 3.41. The lowest BCUT2D eigenvalue weighted by atomic mass is 10.1. The molecule has 11 heteroatoms. The van der Waals surface area contributed by atoms with Gasteiger partial charge in [-0.3, -0.25) is 14.4 Å². The van der Waals surface area contributed by atoms with Gasteiger partial charge < -0.3 is 24.4 Å². The molecule has 0 saturated carbocycles. The molecular formula is C28H31N7O4. The van der Waals surface area contributed by atoms with Crippen LogP contribution in [0.1, 0.15) is 33.3 Å². The maximum atomic E-state index is 13.5. The van der Waals surface area contributed by atoms with Crippen molar-refractivity contribution in [3.8, 4) is 11.6 Å². The van der Waals surface area contributed by atoms with E-state index in [9.17, 15) is 14.4 Å². The molecule has 0 bridgehead atoms. The summed E-state index contributed by atoms with van der Waals surface area (Å²) < 4.78 is 7.15. The molecule has 1 aliphatic heterocycles. The molecule has 1 aliphatic rings. The minimum absolute atomic E-state index is 0.0877. The largest absolute Gasteiger partial charge is 0.494 e. The van der Waals surface area contributed by atoms with Crippen molar-refractivity contribution >= 4 is 28.5 Å². The summed E-state index contributed by atoms with van der Waals surface area (Å²) in [5.74, 6) is -0.499. The monoisotopic (exact) mass is 529 g/mol. The molecule has 4 aromatic rings. The number of aromatic amines is 1. The van der Waals surface area contributed by atoms with Gasteiger partial charge in [0, 0.05) is 50.2 Å². The van der Waals surface area contributed by atoms with E-state index in [-0.39, 0.29) is 30.6 Å². The van der Waals surface area contributed by atoms with Crippen LogP contribution in [0.5, 0.6) is 5.75 Å². The number of H-pyrrole nitrogens is 1. The normalized spacial score (nSPS) is 15.7. The highest BCUT2D eigenvalue weighted by atomic mass is 16.5. The smallest absolute Gasteiger partial charge is 0.295 e. The van der Waals surface area contributed by atoms with E-state index in [1.165, 1.54) is 24.4 Å².